The number of benzene rings is 1. The van der Waals surface area contributed by atoms with E-state index < -0.39 is 5.63 Å². The highest BCUT2D eigenvalue weighted by atomic mass is 16.5. The lowest BCUT2D eigenvalue weighted by Crippen LogP contribution is -2.56. The van der Waals surface area contributed by atoms with Crippen LogP contribution in [0.25, 0.3) is 0 Å². The number of nitrogens with zero attached hydrogens (tertiary/aromatic N) is 1. The second kappa shape index (κ2) is 6.39. The Labute approximate surface area is 147 Å². The zero-order valence-corrected chi connectivity index (χ0v) is 15.0. The molecule has 1 saturated heterocycles. The normalized spacial score (nSPS) is 15.0. The van der Waals surface area contributed by atoms with Crippen LogP contribution in [0.2, 0.25) is 0 Å². The highest BCUT2D eigenvalue weighted by Gasteiger charge is 2.33. The quantitative estimate of drug-likeness (QED) is 0.860. The molecule has 0 atom stereocenters. The van der Waals surface area contributed by atoms with E-state index in [4.69, 9.17) is 9.15 Å². The number of amides is 1. The van der Waals surface area contributed by atoms with Crippen LogP contribution < -0.4 is 10.4 Å². The minimum absolute atomic E-state index is 0.00376. The summed E-state index contributed by atoms with van der Waals surface area (Å²) in [6, 6.07) is 10.8. The van der Waals surface area contributed by atoms with Crippen molar-refractivity contribution in [3.8, 4) is 5.75 Å². The molecule has 132 valence electrons. The largest absolute Gasteiger partial charge is 0.486 e. The fourth-order valence-corrected chi connectivity index (χ4v) is 2.81. The maximum atomic E-state index is 12.5. The third-order valence-corrected chi connectivity index (χ3v) is 4.30. The standard InChI is InChI=1S/C20H23NO4/c1-13-9-16(10-18(22)24-13)25-17-11-21(12-17)19(23)14-5-7-15(8-6-14)20(2,3)4/h5-10,17H,11-12H2,1-4H3. The summed E-state index contributed by atoms with van der Waals surface area (Å²) in [5.41, 5.74) is 1.52. The second-order valence-corrected chi connectivity index (χ2v) is 7.50. The first-order valence-corrected chi connectivity index (χ1v) is 8.40. The molecule has 0 radical (unpaired) electrons. The molecule has 0 N–H and O–H groups in total. The third kappa shape index (κ3) is 3.92. The van der Waals surface area contributed by atoms with E-state index in [9.17, 15) is 9.59 Å². The summed E-state index contributed by atoms with van der Waals surface area (Å²) in [4.78, 5) is 25.6. The molecule has 2 heterocycles. The van der Waals surface area contributed by atoms with E-state index in [2.05, 4.69) is 20.8 Å². The van der Waals surface area contributed by atoms with Gasteiger partial charge in [-0.15, -0.1) is 0 Å². The predicted molar refractivity (Wildman–Crippen MR) is 95.2 cm³/mol. The first kappa shape index (κ1) is 17.3. The summed E-state index contributed by atoms with van der Waals surface area (Å²) in [5, 5.41) is 0. The summed E-state index contributed by atoms with van der Waals surface area (Å²) in [7, 11) is 0. The number of rotatable bonds is 3. The first-order valence-electron chi connectivity index (χ1n) is 8.40. The van der Waals surface area contributed by atoms with Gasteiger partial charge in [-0.05, 0) is 30.0 Å². The molecule has 5 heteroatoms. The molecule has 0 saturated carbocycles. The van der Waals surface area contributed by atoms with Crippen LogP contribution in [0.15, 0.2) is 45.6 Å². The molecule has 0 bridgehead atoms. The van der Waals surface area contributed by atoms with Gasteiger partial charge in [-0.25, -0.2) is 4.79 Å². The Hall–Kier alpha value is -2.56. The average molecular weight is 341 g/mol. The van der Waals surface area contributed by atoms with Crippen LogP contribution in [0.3, 0.4) is 0 Å². The van der Waals surface area contributed by atoms with Gasteiger partial charge in [0.05, 0.1) is 19.2 Å². The minimum Gasteiger partial charge on any atom is -0.486 e. The molecule has 1 aromatic carbocycles. The van der Waals surface area contributed by atoms with Crippen LogP contribution in [0, 0.1) is 6.92 Å². The first-order chi connectivity index (χ1) is 11.7. The lowest BCUT2D eigenvalue weighted by Gasteiger charge is -2.39. The Morgan fingerprint density at radius 2 is 1.80 bits per heavy atom. The van der Waals surface area contributed by atoms with Gasteiger partial charge in [0.25, 0.3) is 5.91 Å². The Bertz CT molecular complexity index is 824. The van der Waals surface area contributed by atoms with E-state index >= 15 is 0 Å². The number of ether oxygens (including phenoxy) is 1. The highest BCUT2D eigenvalue weighted by molar-refractivity contribution is 5.94. The SMILES string of the molecule is Cc1cc(OC2CN(C(=O)c3ccc(C(C)(C)C)cc3)C2)cc(=O)o1. The van der Waals surface area contributed by atoms with Gasteiger partial charge in [0.2, 0.25) is 0 Å². The molecule has 25 heavy (non-hydrogen) atoms. The van der Waals surface area contributed by atoms with Crippen LogP contribution in [0.5, 0.6) is 5.75 Å². The summed E-state index contributed by atoms with van der Waals surface area (Å²) in [6.07, 6.45) is -0.0981. The van der Waals surface area contributed by atoms with Crippen LogP contribution in [0.1, 0.15) is 42.5 Å². The molecule has 0 unspecified atom stereocenters. The van der Waals surface area contributed by atoms with Crippen LogP contribution >= 0.6 is 0 Å². The summed E-state index contributed by atoms with van der Waals surface area (Å²) < 4.78 is 10.6. The van der Waals surface area contributed by atoms with Crippen molar-refractivity contribution in [3.63, 3.8) is 0 Å². The van der Waals surface area contributed by atoms with Crippen LogP contribution in [0.4, 0.5) is 0 Å². The molecule has 3 rings (SSSR count). The van der Waals surface area contributed by atoms with E-state index in [1.807, 2.05) is 24.3 Å². The van der Waals surface area contributed by atoms with Gasteiger partial charge in [0, 0.05) is 11.6 Å². The van der Waals surface area contributed by atoms with Crippen LogP contribution in [-0.4, -0.2) is 30.0 Å². The van der Waals surface area contributed by atoms with E-state index in [-0.39, 0.29) is 17.4 Å². The molecule has 0 spiro atoms. The predicted octanol–water partition coefficient (Wildman–Crippen LogP) is 3.15. The monoisotopic (exact) mass is 341 g/mol. The molecule has 1 fully saturated rings. The third-order valence-electron chi connectivity index (χ3n) is 4.30. The number of carbonyl (C=O) groups excluding carboxylic acids is 1. The van der Waals surface area contributed by atoms with Gasteiger partial charge in [0.1, 0.15) is 17.6 Å². The van der Waals surface area contributed by atoms with Gasteiger partial charge < -0.3 is 14.1 Å². The number of likely N-dealkylation sites (tertiary alicyclic amines) is 1. The van der Waals surface area contributed by atoms with Crippen molar-refractivity contribution in [1.82, 2.24) is 4.90 Å². The summed E-state index contributed by atoms with van der Waals surface area (Å²) in [6.45, 7) is 9.16. The van der Waals surface area contributed by atoms with Gasteiger partial charge in [-0.1, -0.05) is 32.9 Å². The number of hydrogen-bond acceptors (Lipinski definition) is 4. The van der Waals surface area contributed by atoms with Crippen LogP contribution in [-0.2, 0) is 5.41 Å². The minimum atomic E-state index is -0.429. The zero-order valence-electron chi connectivity index (χ0n) is 15.0. The fourth-order valence-electron chi connectivity index (χ4n) is 2.81. The molecule has 1 aliphatic heterocycles. The van der Waals surface area contributed by atoms with E-state index in [0.29, 0.717) is 30.2 Å². The smallest absolute Gasteiger partial charge is 0.339 e. The lowest BCUT2D eigenvalue weighted by atomic mass is 9.86. The topological polar surface area (TPSA) is 59.8 Å². The molecular weight excluding hydrogens is 318 g/mol. The Balaban J connectivity index is 1.58. The van der Waals surface area contributed by atoms with Crippen molar-refractivity contribution >= 4 is 5.91 Å². The average Bonchev–Trinajstić information content (AvgIpc) is 2.48. The number of carbonyl (C=O) groups is 1. The van der Waals surface area contributed by atoms with E-state index in [0.717, 1.165) is 0 Å². The number of hydrogen-bond donors (Lipinski definition) is 0. The van der Waals surface area contributed by atoms with Gasteiger partial charge >= 0.3 is 5.63 Å². The lowest BCUT2D eigenvalue weighted by molar-refractivity contribution is 0.0175. The molecule has 1 amide bonds. The Morgan fingerprint density at radius 1 is 1.16 bits per heavy atom. The van der Waals surface area contributed by atoms with Crippen molar-refractivity contribution in [2.75, 3.05) is 13.1 Å². The van der Waals surface area contributed by atoms with E-state index in [1.54, 1.807) is 17.9 Å². The molecule has 1 aliphatic rings. The van der Waals surface area contributed by atoms with Gasteiger partial charge in [0.15, 0.2) is 0 Å². The van der Waals surface area contributed by atoms with Crippen molar-refractivity contribution < 1.29 is 13.9 Å². The summed E-state index contributed by atoms with van der Waals surface area (Å²) >= 11 is 0. The molecular formula is C20H23NO4. The second-order valence-electron chi connectivity index (χ2n) is 7.50. The van der Waals surface area contributed by atoms with Crippen molar-refractivity contribution in [2.24, 2.45) is 0 Å². The van der Waals surface area contributed by atoms with Crippen molar-refractivity contribution in [2.45, 2.75) is 39.2 Å². The number of aryl methyl sites for hydroxylation is 1. The van der Waals surface area contributed by atoms with Crippen molar-refractivity contribution in [1.29, 1.82) is 0 Å². The Kier molecular flexibility index (Phi) is 4.41. The molecule has 2 aromatic rings. The zero-order chi connectivity index (χ0) is 18.2. The molecule has 0 aliphatic carbocycles. The highest BCUT2D eigenvalue weighted by Crippen LogP contribution is 2.24. The fraction of sp³-hybridized carbons (Fsp3) is 0.400. The maximum absolute atomic E-state index is 12.5. The maximum Gasteiger partial charge on any atom is 0.339 e. The van der Waals surface area contributed by atoms with Gasteiger partial charge in [-0.3, -0.25) is 4.79 Å². The van der Waals surface area contributed by atoms with Crippen molar-refractivity contribution in [3.05, 3.63) is 63.7 Å². The Morgan fingerprint density at radius 3 is 2.36 bits per heavy atom. The molecule has 5 nitrogen and oxygen atoms in total. The van der Waals surface area contributed by atoms with E-state index in [1.165, 1.54) is 11.6 Å². The summed E-state index contributed by atoms with van der Waals surface area (Å²) in [5.74, 6) is 0.998. The van der Waals surface area contributed by atoms with Gasteiger partial charge in [-0.2, -0.15) is 0 Å². The molecule has 1 aromatic heterocycles.